The fraction of sp³-hybridized carbons (Fsp3) is 0.500. The third kappa shape index (κ3) is 5.00. The van der Waals surface area contributed by atoms with Crippen molar-refractivity contribution in [2.45, 2.75) is 24.9 Å². The van der Waals surface area contributed by atoms with E-state index in [1.807, 2.05) is 0 Å². The Kier molecular flexibility index (Phi) is 5.58. The molecule has 1 aliphatic heterocycles. The maximum absolute atomic E-state index is 11.2. The van der Waals surface area contributed by atoms with Crippen molar-refractivity contribution in [3.8, 4) is 0 Å². The normalized spacial score (nSPS) is 24.0. The Balaban J connectivity index is 1.89. The summed E-state index contributed by atoms with van der Waals surface area (Å²) >= 11 is 5.79. The third-order valence-electron chi connectivity index (χ3n) is 3.59. The molecule has 0 saturated carbocycles. The van der Waals surface area contributed by atoms with Crippen molar-refractivity contribution in [1.82, 2.24) is 19.5 Å². The number of hydrogen-bond acceptors (Lipinski definition) is 9. The summed E-state index contributed by atoms with van der Waals surface area (Å²) in [6.07, 6.45) is -2.12. The second kappa shape index (κ2) is 7.33. The number of phosphoric ester groups is 2. The molecule has 1 aliphatic rings. The molecule has 0 aromatic carbocycles. The molecule has 0 unspecified atom stereocenters. The lowest BCUT2D eigenvalue weighted by molar-refractivity contribution is -0.0417. The van der Waals surface area contributed by atoms with E-state index in [2.05, 4.69) is 24.0 Å². The zero-order valence-electron chi connectivity index (χ0n) is 13.2. The molecule has 0 aliphatic carbocycles. The smallest absolute Gasteiger partial charge is 0.382 e. The first-order valence-corrected chi connectivity index (χ1v) is 10.6. The number of phosphoric acid groups is 2. The summed E-state index contributed by atoms with van der Waals surface area (Å²) < 4.78 is 38.1. The molecule has 0 amide bonds. The third-order valence-corrected chi connectivity index (χ3v) is 4.79. The van der Waals surface area contributed by atoms with E-state index in [1.165, 1.54) is 10.9 Å². The van der Waals surface area contributed by atoms with E-state index in [1.54, 1.807) is 0 Å². The predicted octanol–water partition coefficient (Wildman–Crippen LogP) is -0.0634. The summed E-state index contributed by atoms with van der Waals surface area (Å²) in [6, 6.07) is 0. The second-order valence-electron chi connectivity index (χ2n) is 5.49. The van der Waals surface area contributed by atoms with Crippen LogP contribution in [0.1, 0.15) is 12.6 Å². The number of nitrogens with two attached hydrogens (primary N) is 1. The number of fused-ring (bicyclic) bond motifs is 1. The van der Waals surface area contributed by atoms with Gasteiger partial charge in [-0.15, -0.1) is 0 Å². The van der Waals surface area contributed by atoms with Crippen LogP contribution in [0.4, 0.5) is 5.82 Å². The first-order valence-electron chi connectivity index (χ1n) is 7.18. The Labute approximate surface area is 155 Å². The van der Waals surface area contributed by atoms with Crippen molar-refractivity contribution in [2.24, 2.45) is 0 Å². The van der Waals surface area contributed by atoms with Gasteiger partial charge in [0.1, 0.15) is 24.0 Å². The average molecular weight is 446 g/mol. The SMILES string of the molecule is Nc1nc(Cl)nc2c1ncn2[C@H]1C[C@H](OP(=O)(O)O)[C@@H](COP(=O)(O)O)O1. The molecular formula is C10H14ClN5O9P2. The Bertz CT molecular complexity index is 945. The topological polar surface area (TPSA) is 212 Å². The molecule has 27 heavy (non-hydrogen) atoms. The second-order valence-corrected chi connectivity index (χ2v) is 8.26. The van der Waals surface area contributed by atoms with E-state index in [4.69, 9.17) is 41.6 Å². The van der Waals surface area contributed by atoms with Gasteiger partial charge in [0, 0.05) is 6.42 Å². The van der Waals surface area contributed by atoms with Gasteiger partial charge in [0.15, 0.2) is 11.5 Å². The van der Waals surface area contributed by atoms with Crippen LogP contribution in [0, 0.1) is 0 Å². The average Bonchev–Trinajstić information content (AvgIpc) is 3.06. The molecule has 14 nitrogen and oxygen atoms in total. The highest BCUT2D eigenvalue weighted by Crippen LogP contribution is 2.45. The maximum Gasteiger partial charge on any atom is 0.469 e. The van der Waals surface area contributed by atoms with E-state index < -0.39 is 40.7 Å². The van der Waals surface area contributed by atoms with E-state index in [0.29, 0.717) is 0 Å². The lowest BCUT2D eigenvalue weighted by atomic mass is 10.2. The number of halogens is 1. The van der Waals surface area contributed by atoms with Gasteiger partial charge in [0.25, 0.3) is 0 Å². The summed E-state index contributed by atoms with van der Waals surface area (Å²) in [6.45, 7) is -0.671. The van der Waals surface area contributed by atoms with Crippen LogP contribution in [0.2, 0.25) is 5.28 Å². The number of ether oxygens (including phenoxy) is 1. The van der Waals surface area contributed by atoms with Crippen LogP contribution in [0.5, 0.6) is 0 Å². The summed E-state index contributed by atoms with van der Waals surface area (Å²) in [7, 11) is -9.74. The molecule has 3 atom stereocenters. The van der Waals surface area contributed by atoms with Crippen LogP contribution in [0.25, 0.3) is 11.2 Å². The molecule has 17 heteroatoms. The van der Waals surface area contributed by atoms with Gasteiger partial charge in [-0.25, -0.2) is 14.1 Å². The lowest BCUT2D eigenvalue weighted by Gasteiger charge is -2.19. The van der Waals surface area contributed by atoms with E-state index >= 15 is 0 Å². The fourth-order valence-corrected chi connectivity index (χ4v) is 3.69. The number of imidazole rings is 1. The number of aromatic nitrogens is 4. The molecule has 0 spiro atoms. The number of nitrogen functional groups attached to an aromatic ring is 1. The molecule has 0 radical (unpaired) electrons. The van der Waals surface area contributed by atoms with Crippen molar-refractivity contribution < 1.29 is 42.5 Å². The Hall–Kier alpha value is -1.18. The minimum Gasteiger partial charge on any atom is -0.382 e. The number of anilines is 1. The quantitative estimate of drug-likeness (QED) is 0.291. The monoisotopic (exact) mass is 445 g/mol. The van der Waals surface area contributed by atoms with Crippen LogP contribution >= 0.6 is 27.2 Å². The van der Waals surface area contributed by atoms with Crippen molar-refractivity contribution in [3.05, 3.63) is 11.6 Å². The lowest BCUT2D eigenvalue weighted by Crippen LogP contribution is -2.28. The largest absolute Gasteiger partial charge is 0.469 e. The fourth-order valence-electron chi connectivity index (χ4n) is 2.60. The highest BCUT2D eigenvalue weighted by Gasteiger charge is 2.42. The van der Waals surface area contributed by atoms with Gasteiger partial charge < -0.3 is 30.0 Å². The summed E-state index contributed by atoms with van der Waals surface area (Å²) in [4.78, 5) is 47.5. The van der Waals surface area contributed by atoms with Crippen molar-refractivity contribution in [1.29, 1.82) is 0 Å². The molecule has 2 aromatic heterocycles. The molecule has 1 fully saturated rings. The van der Waals surface area contributed by atoms with E-state index in [0.717, 1.165) is 0 Å². The number of rotatable bonds is 6. The van der Waals surface area contributed by atoms with Crippen molar-refractivity contribution >= 4 is 44.2 Å². The first-order chi connectivity index (χ1) is 12.4. The minimum atomic E-state index is -4.90. The first kappa shape index (κ1) is 20.6. The summed E-state index contributed by atoms with van der Waals surface area (Å²) in [5.41, 5.74) is 6.14. The van der Waals surface area contributed by atoms with Gasteiger partial charge in [-0.3, -0.25) is 13.6 Å². The standard InChI is InChI=1S/C10H14ClN5O9P2/c11-10-14-8(12)7-9(15-10)16(3-13-7)6-1-4(25-27(20,21)22)5(24-6)2-23-26(17,18)19/h3-6H,1-2H2,(H2,12,14,15)(H2,17,18,19)(H2,20,21,22)/t4-,5+,6+/m0/s1. The van der Waals surface area contributed by atoms with Gasteiger partial charge in [0.2, 0.25) is 5.28 Å². The molecule has 3 heterocycles. The zero-order valence-corrected chi connectivity index (χ0v) is 15.7. The minimum absolute atomic E-state index is 0.0196. The molecule has 0 bridgehead atoms. The van der Waals surface area contributed by atoms with Crippen LogP contribution in [0.15, 0.2) is 6.33 Å². The van der Waals surface area contributed by atoms with Crippen LogP contribution in [0.3, 0.4) is 0 Å². The van der Waals surface area contributed by atoms with E-state index in [9.17, 15) is 9.13 Å². The molecule has 2 aromatic rings. The number of hydrogen-bond donors (Lipinski definition) is 5. The summed E-state index contributed by atoms with van der Waals surface area (Å²) in [5, 5.41) is -0.149. The van der Waals surface area contributed by atoms with Crippen LogP contribution in [-0.2, 0) is 22.9 Å². The zero-order chi connectivity index (χ0) is 20.0. The van der Waals surface area contributed by atoms with Gasteiger partial charge in [-0.05, 0) is 11.6 Å². The predicted molar refractivity (Wildman–Crippen MR) is 88.2 cm³/mol. The van der Waals surface area contributed by atoms with Gasteiger partial charge >= 0.3 is 15.6 Å². The van der Waals surface area contributed by atoms with Crippen molar-refractivity contribution in [3.63, 3.8) is 0 Å². The van der Waals surface area contributed by atoms with Gasteiger partial charge in [0.05, 0.1) is 12.9 Å². The molecule has 3 rings (SSSR count). The van der Waals surface area contributed by atoms with Gasteiger partial charge in [-0.1, -0.05) is 0 Å². The van der Waals surface area contributed by atoms with Crippen LogP contribution in [-0.4, -0.2) is 57.9 Å². The summed E-state index contributed by atoms with van der Waals surface area (Å²) in [5.74, 6) is 0.0196. The Morgan fingerprint density at radius 1 is 1.30 bits per heavy atom. The highest BCUT2D eigenvalue weighted by atomic mass is 35.5. The molecule has 150 valence electrons. The van der Waals surface area contributed by atoms with Crippen molar-refractivity contribution in [2.75, 3.05) is 12.3 Å². The van der Waals surface area contributed by atoms with E-state index in [-0.39, 0.29) is 28.7 Å². The molecule has 6 N–H and O–H groups in total. The Morgan fingerprint density at radius 2 is 2.00 bits per heavy atom. The highest BCUT2D eigenvalue weighted by molar-refractivity contribution is 7.46. The number of nitrogens with zero attached hydrogens (tertiary/aromatic N) is 4. The van der Waals surface area contributed by atoms with Gasteiger partial charge in [-0.2, -0.15) is 9.97 Å². The van der Waals surface area contributed by atoms with Crippen LogP contribution < -0.4 is 5.73 Å². The Morgan fingerprint density at radius 3 is 2.63 bits per heavy atom. The maximum atomic E-state index is 11.2. The molecule has 1 saturated heterocycles. The molecular weight excluding hydrogens is 432 g/mol.